The Bertz CT molecular complexity index is 1520. The molecule has 0 aliphatic rings. The Morgan fingerprint density at radius 1 is 0.408 bits per heavy atom. The number of carbonyl (C=O) groups is 3. The number of aliphatic carboxylic acids is 1. The minimum atomic E-state index is -1.62. The number of carbonyl (C=O) groups excluding carboxylic acids is 3. The van der Waals surface area contributed by atoms with Crippen LogP contribution in [0.15, 0.2) is 85.1 Å². The van der Waals surface area contributed by atoms with Crippen molar-refractivity contribution in [2.24, 2.45) is 0 Å². The lowest BCUT2D eigenvalue weighted by atomic mass is 10.0. The van der Waals surface area contributed by atoms with Crippen molar-refractivity contribution in [2.75, 3.05) is 47.5 Å². The third-order valence-electron chi connectivity index (χ3n) is 13.4. The lowest BCUT2D eigenvalue weighted by Crippen LogP contribution is -2.44. The Morgan fingerprint density at radius 3 is 1.12 bits per heavy atom. The number of rotatable bonds is 57. The Morgan fingerprint density at radius 2 is 0.750 bits per heavy atom. The minimum absolute atomic E-state index is 0.148. The SMILES string of the molecule is CC/C=C\C/C=C\C/C=C\C/C=C\C/C=C\C/C=C\C/C=C\CCCCCCCCCCCCCCCCCCCC(=O)OC(COC(=O)CCCCCCCCCCCCCC)COC(OCC[N+](C)(C)C)C(=O)[O-]. The van der Waals surface area contributed by atoms with Gasteiger partial charge in [-0.25, -0.2) is 0 Å². The molecule has 76 heavy (non-hydrogen) atoms. The third kappa shape index (κ3) is 58.2. The second-order valence-electron chi connectivity index (χ2n) is 22.0. The van der Waals surface area contributed by atoms with Crippen LogP contribution in [0, 0.1) is 0 Å². The number of esters is 2. The smallest absolute Gasteiger partial charge is 0.306 e. The van der Waals surface area contributed by atoms with Crippen LogP contribution in [0.1, 0.15) is 264 Å². The van der Waals surface area contributed by atoms with Gasteiger partial charge in [0.25, 0.3) is 0 Å². The Balaban J connectivity index is 4.01. The van der Waals surface area contributed by atoms with Gasteiger partial charge >= 0.3 is 11.9 Å². The molecule has 9 heteroatoms. The van der Waals surface area contributed by atoms with Crippen molar-refractivity contribution >= 4 is 17.9 Å². The average molecular weight is 1060 g/mol. The van der Waals surface area contributed by atoms with Gasteiger partial charge in [-0.05, 0) is 70.6 Å². The van der Waals surface area contributed by atoms with Gasteiger partial charge in [-0.1, -0.05) is 266 Å². The molecule has 0 aromatic rings. The lowest BCUT2D eigenvalue weighted by molar-refractivity contribution is -0.870. The zero-order chi connectivity index (χ0) is 55.5. The molecule has 0 fully saturated rings. The van der Waals surface area contributed by atoms with E-state index in [0.717, 1.165) is 77.0 Å². The largest absolute Gasteiger partial charge is 0.545 e. The van der Waals surface area contributed by atoms with Crippen molar-refractivity contribution < 1.29 is 42.9 Å². The first-order valence-corrected chi connectivity index (χ1v) is 31.2. The Hall–Kier alpha value is -3.53. The zero-order valence-corrected chi connectivity index (χ0v) is 49.9. The van der Waals surface area contributed by atoms with Crippen LogP contribution < -0.4 is 5.11 Å². The fourth-order valence-corrected chi connectivity index (χ4v) is 8.64. The van der Waals surface area contributed by atoms with E-state index in [1.54, 1.807) is 0 Å². The van der Waals surface area contributed by atoms with Gasteiger partial charge in [-0.3, -0.25) is 9.59 Å². The molecule has 0 aromatic heterocycles. The molecule has 0 amide bonds. The predicted molar refractivity (Wildman–Crippen MR) is 320 cm³/mol. The van der Waals surface area contributed by atoms with Gasteiger partial charge in [0.2, 0.25) is 0 Å². The number of allylic oxidation sites excluding steroid dienone is 14. The summed E-state index contributed by atoms with van der Waals surface area (Å²) in [6.45, 7) is 4.64. The van der Waals surface area contributed by atoms with Gasteiger partial charge in [0.15, 0.2) is 12.4 Å². The van der Waals surface area contributed by atoms with Gasteiger partial charge in [-0.2, -0.15) is 0 Å². The highest BCUT2D eigenvalue weighted by Gasteiger charge is 2.22. The van der Waals surface area contributed by atoms with E-state index in [9.17, 15) is 19.5 Å². The van der Waals surface area contributed by atoms with Crippen LogP contribution in [-0.4, -0.2) is 82.3 Å². The first-order chi connectivity index (χ1) is 37.1. The molecular formula is C67H117NO8. The molecule has 2 unspecified atom stereocenters. The van der Waals surface area contributed by atoms with Crippen LogP contribution in [0.25, 0.3) is 0 Å². The second kappa shape index (κ2) is 57.6. The van der Waals surface area contributed by atoms with E-state index in [0.29, 0.717) is 23.9 Å². The molecule has 0 heterocycles. The van der Waals surface area contributed by atoms with Gasteiger partial charge < -0.3 is 33.3 Å². The summed E-state index contributed by atoms with van der Waals surface area (Å²) in [6, 6.07) is 0. The van der Waals surface area contributed by atoms with E-state index in [1.165, 1.54) is 154 Å². The summed E-state index contributed by atoms with van der Waals surface area (Å²) < 4.78 is 22.7. The molecule has 438 valence electrons. The zero-order valence-electron chi connectivity index (χ0n) is 49.9. The van der Waals surface area contributed by atoms with Crippen molar-refractivity contribution in [3.63, 3.8) is 0 Å². The summed E-state index contributed by atoms with van der Waals surface area (Å²) in [4.78, 5) is 37.2. The molecule has 0 spiro atoms. The maximum absolute atomic E-state index is 12.9. The summed E-state index contributed by atoms with van der Waals surface area (Å²) in [5.41, 5.74) is 0. The summed E-state index contributed by atoms with van der Waals surface area (Å²) in [7, 11) is 5.92. The van der Waals surface area contributed by atoms with E-state index in [-0.39, 0.29) is 32.2 Å². The minimum Gasteiger partial charge on any atom is -0.545 e. The molecule has 0 N–H and O–H groups in total. The predicted octanol–water partition coefficient (Wildman–Crippen LogP) is 17.4. The lowest BCUT2D eigenvalue weighted by Gasteiger charge is -2.26. The number of nitrogens with zero attached hydrogens (tertiary/aromatic N) is 1. The summed E-state index contributed by atoms with van der Waals surface area (Å²) in [6.07, 6.45) is 73.7. The van der Waals surface area contributed by atoms with Crippen LogP contribution in [0.4, 0.5) is 0 Å². The molecule has 0 rings (SSSR count). The molecule has 0 aliphatic carbocycles. The highest BCUT2D eigenvalue weighted by atomic mass is 16.7. The van der Waals surface area contributed by atoms with E-state index < -0.39 is 24.3 Å². The van der Waals surface area contributed by atoms with Crippen molar-refractivity contribution in [1.29, 1.82) is 0 Å². The third-order valence-corrected chi connectivity index (χ3v) is 13.4. The summed E-state index contributed by atoms with van der Waals surface area (Å²) >= 11 is 0. The quantitative estimate of drug-likeness (QED) is 0.0195. The van der Waals surface area contributed by atoms with Crippen LogP contribution >= 0.6 is 0 Å². The molecule has 0 radical (unpaired) electrons. The van der Waals surface area contributed by atoms with Gasteiger partial charge in [0, 0.05) is 12.8 Å². The first kappa shape index (κ1) is 72.5. The second-order valence-corrected chi connectivity index (χ2v) is 22.0. The number of hydrogen-bond acceptors (Lipinski definition) is 8. The van der Waals surface area contributed by atoms with E-state index >= 15 is 0 Å². The van der Waals surface area contributed by atoms with Crippen molar-refractivity contribution in [3.05, 3.63) is 85.1 Å². The molecule has 0 aliphatic heterocycles. The average Bonchev–Trinajstić information content (AvgIpc) is 3.39. The summed E-state index contributed by atoms with van der Waals surface area (Å²) in [5, 5.41) is 11.8. The van der Waals surface area contributed by atoms with Crippen LogP contribution in [0.2, 0.25) is 0 Å². The van der Waals surface area contributed by atoms with E-state index in [1.807, 2.05) is 21.1 Å². The molecule has 0 saturated heterocycles. The fourth-order valence-electron chi connectivity index (χ4n) is 8.64. The summed E-state index contributed by atoms with van der Waals surface area (Å²) in [5.74, 6) is -2.27. The first-order valence-electron chi connectivity index (χ1n) is 31.2. The number of carboxylic acids is 1. The number of quaternary nitrogens is 1. The van der Waals surface area contributed by atoms with Crippen molar-refractivity contribution in [1.82, 2.24) is 0 Å². The number of ether oxygens (including phenoxy) is 4. The number of likely N-dealkylation sites (N-methyl/N-ethyl adjacent to an activating group) is 1. The highest BCUT2D eigenvalue weighted by Crippen LogP contribution is 2.17. The Labute approximate surface area is 468 Å². The van der Waals surface area contributed by atoms with E-state index in [4.69, 9.17) is 18.9 Å². The number of unbranched alkanes of at least 4 members (excludes halogenated alkanes) is 28. The molecule has 2 atom stereocenters. The van der Waals surface area contributed by atoms with Crippen LogP contribution in [0.5, 0.6) is 0 Å². The van der Waals surface area contributed by atoms with Crippen molar-refractivity contribution in [3.8, 4) is 0 Å². The van der Waals surface area contributed by atoms with Crippen molar-refractivity contribution in [2.45, 2.75) is 277 Å². The molecule has 0 aromatic carbocycles. The van der Waals surface area contributed by atoms with Gasteiger partial charge in [0.05, 0.1) is 40.3 Å². The standard InChI is InChI=1S/C67H117NO8/c1-6-8-10-12-14-16-18-20-21-22-23-24-25-26-27-28-29-30-31-32-33-34-35-36-37-38-39-40-41-42-43-44-45-46-48-50-52-54-56-58-65(70)76-63(62-75-67(66(71)72)73-60-59-68(3,4)5)61-74-64(69)57-55-53-51-49-47-19-17-15-13-11-9-7-2/h8,10,14,16,20-21,23-24,26-27,29-30,32-33,63,67H,6-7,9,11-13,15,17-19,22,25,28,31,34-62H2,1-5H3/b10-8-,16-14-,21-20-,24-23-,27-26-,30-29-,33-32-. The molecular weight excluding hydrogens is 947 g/mol. The fraction of sp³-hybridized carbons (Fsp3) is 0.746. The number of carboxylic acid groups (broad SMARTS) is 1. The van der Waals surface area contributed by atoms with Crippen LogP contribution in [0.3, 0.4) is 0 Å². The topological polar surface area (TPSA) is 111 Å². The molecule has 0 bridgehead atoms. The van der Waals surface area contributed by atoms with Gasteiger partial charge in [-0.15, -0.1) is 0 Å². The normalized spacial score (nSPS) is 13.3. The monoisotopic (exact) mass is 1060 g/mol. The Kier molecular flexibility index (Phi) is 55.0. The highest BCUT2D eigenvalue weighted by molar-refractivity contribution is 5.70. The number of hydrogen-bond donors (Lipinski definition) is 0. The maximum atomic E-state index is 12.9. The van der Waals surface area contributed by atoms with Crippen LogP contribution in [-0.2, 0) is 33.3 Å². The maximum Gasteiger partial charge on any atom is 0.306 e. The molecule has 0 saturated carbocycles. The van der Waals surface area contributed by atoms with E-state index in [2.05, 4.69) is 98.9 Å². The van der Waals surface area contributed by atoms with Gasteiger partial charge in [0.1, 0.15) is 13.2 Å². The molecule has 9 nitrogen and oxygen atoms in total.